The quantitative estimate of drug-likeness (QED) is 0.527. The highest BCUT2D eigenvalue weighted by molar-refractivity contribution is 7.92. The monoisotopic (exact) mass is 478 g/mol. The number of aryl methyl sites for hydroxylation is 1. The first-order chi connectivity index (χ1) is 15.5. The summed E-state index contributed by atoms with van der Waals surface area (Å²) in [6.45, 7) is 1.14. The number of hydrogen-bond donors (Lipinski definition) is 1. The Hall–Kier alpha value is -3.53. The number of rotatable bonds is 7. The van der Waals surface area contributed by atoms with Crippen LogP contribution in [0, 0.1) is 6.92 Å². The third-order valence-corrected chi connectivity index (χ3v) is 6.49. The number of nitrogens with zero attached hydrogens (tertiary/aromatic N) is 1. The molecule has 1 amide bonds. The normalized spacial score (nSPS) is 11.7. The molecule has 0 fully saturated rings. The number of halogens is 3. The Morgan fingerprint density at radius 3 is 2.21 bits per heavy atom. The van der Waals surface area contributed by atoms with Crippen molar-refractivity contribution in [3.05, 3.63) is 83.9 Å². The second-order valence-corrected chi connectivity index (χ2v) is 8.99. The maximum Gasteiger partial charge on any atom is 0.416 e. The molecule has 0 bridgehead atoms. The predicted octanol–water partition coefficient (Wildman–Crippen LogP) is 4.86. The summed E-state index contributed by atoms with van der Waals surface area (Å²) in [5, 5.41) is 2.44. The van der Waals surface area contributed by atoms with Crippen LogP contribution in [0.2, 0.25) is 0 Å². The zero-order valence-corrected chi connectivity index (χ0v) is 18.6. The van der Waals surface area contributed by atoms with Gasteiger partial charge in [-0.15, -0.1) is 0 Å². The van der Waals surface area contributed by atoms with Crippen LogP contribution >= 0.6 is 0 Å². The molecule has 0 heterocycles. The molecule has 0 aromatic heterocycles. The Kier molecular flexibility index (Phi) is 6.97. The highest BCUT2D eigenvalue weighted by Crippen LogP contribution is 2.34. The molecule has 0 aliphatic heterocycles. The standard InChI is InChI=1S/C23H21F3N2O4S/c1-16-8-13-21(32-2)20(14-16)28(33(30,31)19-6-4-3-5-7-19)15-22(29)27-18-11-9-17(10-12-18)23(24,25)26/h3-14H,15H2,1-2H3,(H,27,29). The fourth-order valence-corrected chi connectivity index (χ4v) is 4.53. The molecule has 0 saturated carbocycles. The number of anilines is 2. The van der Waals surface area contributed by atoms with Crippen molar-refractivity contribution in [1.82, 2.24) is 0 Å². The summed E-state index contributed by atoms with van der Waals surface area (Å²) < 4.78 is 71.4. The molecule has 3 rings (SSSR count). The summed E-state index contributed by atoms with van der Waals surface area (Å²) in [7, 11) is -2.79. The number of alkyl halides is 3. The number of nitrogens with one attached hydrogen (secondary N) is 1. The van der Waals surface area contributed by atoms with Gasteiger partial charge in [0.15, 0.2) is 0 Å². The van der Waals surface area contributed by atoms with E-state index in [1.807, 2.05) is 0 Å². The van der Waals surface area contributed by atoms with Crippen LogP contribution < -0.4 is 14.4 Å². The molecule has 174 valence electrons. The van der Waals surface area contributed by atoms with Crippen LogP contribution in [0.5, 0.6) is 5.75 Å². The van der Waals surface area contributed by atoms with E-state index in [0.29, 0.717) is 0 Å². The first-order valence-corrected chi connectivity index (χ1v) is 11.2. The van der Waals surface area contributed by atoms with Gasteiger partial charge in [-0.2, -0.15) is 13.2 Å². The van der Waals surface area contributed by atoms with Crippen LogP contribution in [-0.2, 0) is 21.0 Å². The average Bonchev–Trinajstić information content (AvgIpc) is 2.77. The first-order valence-electron chi connectivity index (χ1n) is 9.72. The zero-order chi connectivity index (χ0) is 24.2. The van der Waals surface area contributed by atoms with Crippen molar-refractivity contribution in [2.75, 3.05) is 23.3 Å². The van der Waals surface area contributed by atoms with Gasteiger partial charge in [-0.05, 0) is 61.0 Å². The molecule has 0 unspecified atom stereocenters. The lowest BCUT2D eigenvalue weighted by molar-refractivity contribution is -0.137. The number of sulfonamides is 1. The summed E-state index contributed by atoms with van der Waals surface area (Å²) in [5.41, 5.74) is 0.130. The molecule has 10 heteroatoms. The number of hydrogen-bond acceptors (Lipinski definition) is 4. The molecule has 6 nitrogen and oxygen atoms in total. The molecule has 0 radical (unpaired) electrons. The van der Waals surface area contributed by atoms with Crippen molar-refractivity contribution in [3.8, 4) is 5.75 Å². The Labute approximate surface area is 189 Å². The maximum absolute atomic E-state index is 13.4. The van der Waals surface area contributed by atoms with E-state index in [9.17, 15) is 26.4 Å². The molecule has 33 heavy (non-hydrogen) atoms. The molecular formula is C23H21F3N2O4S. The average molecular weight is 478 g/mol. The van der Waals surface area contributed by atoms with Gasteiger partial charge in [-0.1, -0.05) is 24.3 Å². The van der Waals surface area contributed by atoms with E-state index in [-0.39, 0.29) is 22.0 Å². The molecule has 1 N–H and O–H groups in total. The number of carbonyl (C=O) groups is 1. The predicted molar refractivity (Wildman–Crippen MR) is 119 cm³/mol. The first kappa shape index (κ1) is 24.1. The second kappa shape index (κ2) is 9.53. The molecule has 0 aliphatic rings. The molecular weight excluding hydrogens is 457 g/mol. The lowest BCUT2D eigenvalue weighted by Gasteiger charge is -2.26. The fourth-order valence-electron chi connectivity index (χ4n) is 3.09. The van der Waals surface area contributed by atoms with E-state index in [4.69, 9.17) is 4.74 Å². The van der Waals surface area contributed by atoms with Crippen molar-refractivity contribution >= 4 is 27.3 Å². The third kappa shape index (κ3) is 5.64. The van der Waals surface area contributed by atoms with Crippen molar-refractivity contribution < 1.29 is 31.1 Å². The maximum atomic E-state index is 13.4. The highest BCUT2D eigenvalue weighted by Gasteiger charge is 2.31. The van der Waals surface area contributed by atoms with E-state index in [1.54, 1.807) is 43.3 Å². The summed E-state index contributed by atoms with van der Waals surface area (Å²) in [4.78, 5) is 12.7. The van der Waals surface area contributed by atoms with Crippen LogP contribution in [0.1, 0.15) is 11.1 Å². The van der Waals surface area contributed by atoms with Gasteiger partial charge in [0.05, 0.1) is 23.3 Å². The Morgan fingerprint density at radius 1 is 1.00 bits per heavy atom. The topological polar surface area (TPSA) is 75.7 Å². The number of benzene rings is 3. The smallest absolute Gasteiger partial charge is 0.416 e. The van der Waals surface area contributed by atoms with Crippen molar-refractivity contribution in [3.63, 3.8) is 0 Å². The number of amides is 1. The molecule has 0 atom stereocenters. The summed E-state index contributed by atoms with van der Waals surface area (Å²) in [5.74, 6) is -0.500. The van der Waals surface area contributed by atoms with Crippen LogP contribution in [0.4, 0.5) is 24.5 Å². The van der Waals surface area contributed by atoms with Crippen LogP contribution in [0.3, 0.4) is 0 Å². The van der Waals surface area contributed by atoms with E-state index >= 15 is 0 Å². The fraction of sp³-hybridized carbons (Fsp3) is 0.174. The Morgan fingerprint density at radius 2 is 1.64 bits per heavy atom. The van der Waals surface area contributed by atoms with E-state index in [0.717, 1.165) is 34.1 Å². The highest BCUT2D eigenvalue weighted by atomic mass is 32.2. The van der Waals surface area contributed by atoms with Crippen molar-refractivity contribution in [1.29, 1.82) is 0 Å². The molecule has 3 aromatic rings. The lowest BCUT2D eigenvalue weighted by atomic mass is 10.2. The molecule has 0 aliphatic carbocycles. The van der Waals surface area contributed by atoms with Gasteiger partial charge in [0.25, 0.3) is 10.0 Å². The van der Waals surface area contributed by atoms with Gasteiger partial charge in [-0.3, -0.25) is 9.10 Å². The van der Waals surface area contributed by atoms with Crippen LogP contribution in [-0.4, -0.2) is 28.0 Å². The largest absolute Gasteiger partial charge is 0.495 e. The van der Waals surface area contributed by atoms with Crippen molar-refractivity contribution in [2.45, 2.75) is 18.0 Å². The van der Waals surface area contributed by atoms with E-state index in [1.165, 1.54) is 19.2 Å². The lowest BCUT2D eigenvalue weighted by Crippen LogP contribution is -2.38. The number of carbonyl (C=O) groups excluding carboxylic acids is 1. The van der Waals surface area contributed by atoms with Gasteiger partial charge in [0, 0.05) is 5.69 Å². The summed E-state index contributed by atoms with van der Waals surface area (Å²) >= 11 is 0. The third-order valence-electron chi connectivity index (χ3n) is 4.72. The Bertz CT molecular complexity index is 1230. The molecule has 3 aromatic carbocycles. The minimum atomic E-state index is -4.51. The minimum absolute atomic E-state index is 0.0316. The SMILES string of the molecule is COc1ccc(C)cc1N(CC(=O)Nc1ccc(C(F)(F)F)cc1)S(=O)(=O)c1ccccc1. The number of ether oxygens (including phenoxy) is 1. The van der Waals surface area contributed by atoms with Gasteiger partial charge >= 0.3 is 6.18 Å². The van der Waals surface area contributed by atoms with E-state index < -0.39 is 34.2 Å². The molecule has 0 spiro atoms. The minimum Gasteiger partial charge on any atom is -0.495 e. The van der Waals surface area contributed by atoms with Gasteiger partial charge in [0.1, 0.15) is 12.3 Å². The second-order valence-electron chi connectivity index (χ2n) is 7.12. The Balaban J connectivity index is 1.95. The molecule has 0 saturated heterocycles. The van der Waals surface area contributed by atoms with Crippen molar-refractivity contribution in [2.24, 2.45) is 0 Å². The van der Waals surface area contributed by atoms with Gasteiger partial charge in [-0.25, -0.2) is 8.42 Å². The van der Waals surface area contributed by atoms with E-state index in [2.05, 4.69) is 5.32 Å². The van der Waals surface area contributed by atoms with Gasteiger partial charge in [0.2, 0.25) is 5.91 Å². The van der Waals surface area contributed by atoms with Crippen LogP contribution in [0.15, 0.2) is 77.7 Å². The summed E-state index contributed by atoms with van der Waals surface area (Å²) in [6.07, 6.45) is -4.51. The zero-order valence-electron chi connectivity index (χ0n) is 17.8. The summed E-state index contributed by atoms with van der Waals surface area (Å²) in [6, 6.07) is 16.3. The van der Waals surface area contributed by atoms with Gasteiger partial charge < -0.3 is 10.1 Å². The number of methoxy groups -OCH3 is 1. The van der Waals surface area contributed by atoms with Crippen LogP contribution in [0.25, 0.3) is 0 Å².